The predicted molar refractivity (Wildman–Crippen MR) is 126 cm³/mol. The Balaban J connectivity index is 1.53. The van der Waals surface area contributed by atoms with Gasteiger partial charge >= 0.3 is 5.97 Å². The van der Waals surface area contributed by atoms with Crippen LogP contribution in [0.4, 0.5) is 15.8 Å². The van der Waals surface area contributed by atoms with Crippen molar-refractivity contribution in [2.24, 2.45) is 15.3 Å². The molecule has 1 aliphatic heterocycles. The van der Waals surface area contributed by atoms with Gasteiger partial charge < -0.3 is 10.4 Å². The number of benzene rings is 3. The molecule has 36 heavy (non-hydrogen) atoms. The highest BCUT2D eigenvalue weighted by Crippen LogP contribution is 2.22. The molecule has 3 aromatic rings. The average molecular weight is 487 g/mol. The second-order valence-electron chi connectivity index (χ2n) is 7.60. The summed E-state index contributed by atoms with van der Waals surface area (Å²) in [5, 5.41) is 24.3. The first-order valence-corrected chi connectivity index (χ1v) is 10.6. The molecule has 180 valence electrons. The number of amides is 3. The third-order valence-corrected chi connectivity index (χ3v) is 5.06. The van der Waals surface area contributed by atoms with Gasteiger partial charge in [0.2, 0.25) is 5.91 Å². The van der Waals surface area contributed by atoms with Gasteiger partial charge in [-0.05, 0) is 48.5 Å². The lowest BCUT2D eigenvalue weighted by Gasteiger charge is -2.11. The van der Waals surface area contributed by atoms with Crippen molar-refractivity contribution < 1.29 is 28.7 Å². The summed E-state index contributed by atoms with van der Waals surface area (Å²) in [7, 11) is 0. The summed E-state index contributed by atoms with van der Waals surface area (Å²) >= 11 is 0. The van der Waals surface area contributed by atoms with Gasteiger partial charge in [0.25, 0.3) is 11.8 Å². The molecule has 0 saturated heterocycles. The molecule has 11 heteroatoms. The quantitative estimate of drug-likeness (QED) is 0.385. The number of nitrogens with one attached hydrogen (secondary N) is 1. The first-order valence-electron chi connectivity index (χ1n) is 10.6. The van der Waals surface area contributed by atoms with E-state index in [4.69, 9.17) is 5.11 Å². The maximum absolute atomic E-state index is 13.1. The van der Waals surface area contributed by atoms with Crippen LogP contribution in [0.15, 0.2) is 94.2 Å². The number of aromatic carboxylic acids is 1. The average Bonchev–Trinajstić information content (AvgIpc) is 3.21. The zero-order valence-electron chi connectivity index (χ0n) is 18.5. The van der Waals surface area contributed by atoms with Crippen LogP contribution in [0.5, 0.6) is 0 Å². The lowest BCUT2D eigenvalue weighted by atomic mass is 10.0. The Bertz CT molecular complexity index is 1370. The molecule has 1 atom stereocenters. The van der Waals surface area contributed by atoms with Gasteiger partial charge in [0.1, 0.15) is 17.9 Å². The Hall–Kier alpha value is -5.06. The zero-order chi connectivity index (χ0) is 25.7. The standard InChI is InChI=1S/C25H18FN5O5/c26-17-8-12-18(13-9-17)27-20(32)14-21(33)31-24(34)23(22(30-31)15-4-2-1-3-5-15)29-28-19-10-6-16(7-11-19)25(35)36/h1-13,23H,14H2,(H,27,32)(H,35,36)/t23-/m0/s1. The predicted octanol–water partition coefficient (Wildman–Crippen LogP) is 3.78. The fourth-order valence-electron chi connectivity index (χ4n) is 3.30. The fraction of sp³-hybridized carbons (Fsp3) is 0.0800. The van der Waals surface area contributed by atoms with Crippen LogP contribution in [0.3, 0.4) is 0 Å². The van der Waals surface area contributed by atoms with Crippen molar-refractivity contribution in [1.29, 1.82) is 0 Å². The number of halogens is 1. The van der Waals surface area contributed by atoms with Gasteiger partial charge in [-0.15, -0.1) is 0 Å². The number of carboxylic acid groups (broad SMARTS) is 1. The van der Waals surface area contributed by atoms with Gasteiger partial charge in [-0.1, -0.05) is 30.3 Å². The van der Waals surface area contributed by atoms with E-state index in [0.717, 1.165) is 12.1 Å². The Morgan fingerprint density at radius 3 is 2.28 bits per heavy atom. The molecular weight excluding hydrogens is 469 g/mol. The van der Waals surface area contributed by atoms with Gasteiger partial charge in [0, 0.05) is 11.3 Å². The summed E-state index contributed by atoms with van der Waals surface area (Å²) in [4.78, 5) is 49.1. The van der Waals surface area contributed by atoms with Crippen molar-refractivity contribution in [3.05, 3.63) is 95.8 Å². The van der Waals surface area contributed by atoms with Crippen molar-refractivity contribution in [3.63, 3.8) is 0 Å². The van der Waals surface area contributed by atoms with Crippen LogP contribution in [-0.2, 0) is 14.4 Å². The van der Waals surface area contributed by atoms with Crippen LogP contribution < -0.4 is 5.32 Å². The molecule has 10 nitrogen and oxygen atoms in total. The second kappa shape index (κ2) is 10.5. The highest BCUT2D eigenvalue weighted by atomic mass is 19.1. The molecule has 0 aliphatic carbocycles. The topological polar surface area (TPSA) is 141 Å². The van der Waals surface area contributed by atoms with E-state index in [0.29, 0.717) is 16.3 Å². The minimum absolute atomic E-state index is 0.0631. The van der Waals surface area contributed by atoms with E-state index in [2.05, 4.69) is 20.6 Å². The summed E-state index contributed by atoms with van der Waals surface area (Å²) in [6, 6.07) is 17.9. The van der Waals surface area contributed by atoms with Crippen LogP contribution in [0.1, 0.15) is 22.3 Å². The van der Waals surface area contributed by atoms with Crippen LogP contribution in [0, 0.1) is 5.82 Å². The molecule has 3 amide bonds. The third-order valence-electron chi connectivity index (χ3n) is 5.06. The van der Waals surface area contributed by atoms with Gasteiger partial charge in [-0.2, -0.15) is 20.3 Å². The van der Waals surface area contributed by atoms with Crippen molar-refractivity contribution in [2.75, 3.05) is 5.32 Å². The highest BCUT2D eigenvalue weighted by molar-refractivity contribution is 6.23. The van der Waals surface area contributed by atoms with E-state index in [1.54, 1.807) is 30.3 Å². The lowest BCUT2D eigenvalue weighted by Crippen LogP contribution is -2.36. The van der Waals surface area contributed by atoms with E-state index in [9.17, 15) is 23.6 Å². The smallest absolute Gasteiger partial charge is 0.335 e. The molecule has 1 aliphatic rings. The Labute approximate surface area is 203 Å². The largest absolute Gasteiger partial charge is 0.478 e. The first kappa shape index (κ1) is 24.1. The van der Waals surface area contributed by atoms with Gasteiger partial charge in [-0.3, -0.25) is 14.4 Å². The molecule has 0 radical (unpaired) electrons. The van der Waals surface area contributed by atoms with Gasteiger partial charge in [0.05, 0.1) is 11.3 Å². The van der Waals surface area contributed by atoms with Crippen LogP contribution in [-0.4, -0.2) is 45.6 Å². The Kier molecular flexibility index (Phi) is 7.00. The number of anilines is 1. The maximum Gasteiger partial charge on any atom is 0.335 e. The number of nitrogens with zero attached hydrogens (tertiary/aromatic N) is 4. The Morgan fingerprint density at radius 1 is 0.972 bits per heavy atom. The molecule has 0 bridgehead atoms. The minimum atomic E-state index is -1.25. The molecule has 0 spiro atoms. The molecule has 0 saturated carbocycles. The number of imide groups is 1. The first-order chi connectivity index (χ1) is 17.3. The lowest BCUT2D eigenvalue weighted by molar-refractivity contribution is -0.144. The van der Waals surface area contributed by atoms with Gasteiger partial charge in [0.15, 0.2) is 6.04 Å². The van der Waals surface area contributed by atoms with Crippen molar-refractivity contribution in [1.82, 2.24) is 5.01 Å². The van der Waals surface area contributed by atoms with Gasteiger partial charge in [-0.25, -0.2) is 9.18 Å². The zero-order valence-corrected chi connectivity index (χ0v) is 18.5. The molecular formula is C25H18FN5O5. The third kappa shape index (κ3) is 5.53. The molecule has 3 aromatic carbocycles. The number of hydrazone groups is 1. The second-order valence-corrected chi connectivity index (χ2v) is 7.60. The van der Waals surface area contributed by atoms with Crippen molar-refractivity contribution in [2.45, 2.75) is 12.5 Å². The van der Waals surface area contributed by atoms with Crippen LogP contribution >= 0.6 is 0 Å². The van der Waals surface area contributed by atoms with E-state index in [1.165, 1.54) is 36.4 Å². The minimum Gasteiger partial charge on any atom is -0.478 e. The summed E-state index contributed by atoms with van der Waals surface area (Å²) in [6.45, 7) is 0. The molecule has 0 unspecified atom stereocenters. The van der Waals surface area contributed by atoms with Crippen molar-refractivity contribution in [3.8, 4) is 0 Å². The normalized spacial score (nSPS) is 15.1. The number of carboxylic acids is 1. The van der Waals surface area contributed by atoms with Crippen molar-refractivity contribution >= 4 is 40.8 Å². The molecule has 4 rings (SSSR count). The Morgan fingerprint density at radius 2 is 1.64 bits per heavy atom. The molecule has 1 heterocycles. The number of rotatable bonds is 7. The highest BCUT2D eigenvalue weighted by Gasteiger charge is 2.40. The number of hydrogen-bond acceptors (Lipinski definition) is 7. The molecule has 0 fully saturated rings. The summed E-state index contributed by atoms with van der Waals surface area (Å²) in [5.41, 5.74) is 1.34. The maximum atomic E-state index is 13.1. The number of carbonyl (C=O) groups excluding carboxylic acids is 3. The van der Waals surface area contributed by atoms with E-state index in [-0.39, 0.29) is 17.0 Å². The molecule has 0 aromatic heterocycles. The monoisotopic (exact) mass is 487 g/mol. The fourth-order valence-corrected chi connectivity index (χ4v) is 3.30. The summed E-state index contributed by atoms with van der Waals surface area (Å²) < 4.78 is 13.0. The van der Waals surface area contributed by atoms with Crippen LogP contribution in [0.2, 0.25) is 0 Å². The van der Waals surface area contributed by atoms with E-state index < -0.39 is 42.0 Å². The SMILES string of the molecule is O=C(CC(=O)N1N=C(c2ccccc2)[C@H](N=Nc2ccc(C(=O)O)cc2)C1=O)Nc1ccc(F)cc1. The summed E-state index contributed by atoms with van der Waals surface area (Å²) in [6.07, 6.45) is -0.685. The van der Waals surface area contributed by atoms with E-state index >= 15 is 0 Å². The van der Waals surface area contributed by atoms with Crippen LogP contribution in [0.25, 0.3) is 0 Å². The molecule has 2 N–H and O–H groups in total. The summed E-state index contributed by atoms with van der Waals surface area (Å²) in [5.74, 6) is -3.96. The number of hydrogen-bond donors (Lipinski definition) is 2. The number of carbonyl (C=O) groups is 4. The van der Waals surface area contributed by atoms with E-state index in [1.807, 2.05) is 0 Å². The number of azo groups is 1.